The summed E-state index contributed by atoms with van der Waals surface area (Å²) >= 11 is 5.77. The second-order valence-electron chi connectivity index (χ2n) is 7.42. The molecule has 1 fully saturated rings. The lowest BCUT2D eigenvalue weighted by Crippen LogP contribution is -2.40. The lowest BCUT2D eigenvalue weighted by molar-refractivity contribution is 0.0926. The molecule has 0 bridgehead atoms. The summed E-state index contributed by atoms with van der Waals surface area (Å²) in [6, 6.07) is 6.25. The van der Waals surface area contributed by atoms with E-state index in [-0.39, 0.29) is 47.8 Å². The monoisotopic (exact) mass is 500 g/mol. The molecule has 3 aromatic rings. The van der Waals surface area contributed by atoms with Crippen molar-refractivity contribution in [2.75, 3.05) is 5.32 Å². The highest BCUT2D eigenvalue weighted by Crippen LogP contribution is 2.23. The number of amides is 1. The van der Waals surface area contributed by atoms with Crippen LogP contribution in [0.2, 0.25) is 5.02 Å². The van der Waals surface area contributed by atoms with Gasteiger partial charge in [-0.1, -0.05) is 11.6 Å². The molecule has 2 heterocycles. The van der Waals surface area contributed by atoms with Crippen molar-refractivity contribution in [3.63, 3.8) is 0 Å². The first kappa shape index (κ1) is 25.8. The van der Waals surface area contributed by atoms with Crippen molar-refractivity contribution in [3.05, 3.63) is 65.2 Å². The molecule has 1 aliphatic rings. The molecule has 172 valence electrons. The highest BCUT2D eigenvalue weighted by atomic mass is 35.5. The van der Waals surface area contributed by atoms with Gasteiger partial charge in [0.05, 0.1) is 5.02 Å². The fraction of sp³-hybridized carbons (Fsp3) is 0.333. The number of benzene rings is 1. The summed E-state index contributed by atoms with van der Waals surface area (Å²) in [5, 5.41) is 6.46. The van der Waals surface area contributed by atoms with Crippen LogP contribution in [0.1, 0.15) is 41.9 Å². The fourth-order valence-corrected chi connectivity index (χ4v) is 3.83. The number of halogens is 4. The molecular formula is C21H24Cl3FN6O. The number of anilines is 1. The van der Waals surface area contributed by atoms with Crippen LogP contribution in [0.3, 0.4) is 0 Å². The van der Waals surface area contributed by atoms with E-state index in [2.05, 4.69) is 25.6 Å². The first-order valence-electron chi connectivity index (χ1n) is 9.84. The van der Waals surface area contributed by atoms with Crippen molar-refractivity contribution in [3.8, 4) is 5.82 Å². The normalized spacial score (nSPS) is 17.6. The summed E-state index contributed by atoms with van der Waals surface area (Å²) in [6.45, 7) is 1.86. The van der Waals surface area contributed by atoms with E-state index in [9.17, 15) is 9.18 Å². The summed E-state index contributed by atoms with van der Waals surface area (Å²) in [4.78, 5) is 25.4. The van der Waals surface area contributed by atoms with Crippen LogP contribution in [-0.2, 0) is 0 Å². The molecule has 0 unspecified atom stereocenters. The standard InChI is InChI=1S/C21H22ClFN6O.2ClH/c1-13-25-19(11-20(26-13)29-9-8-24-12-29)27-15-3-5-16(6-4-15)28-21(30)14-2-7-18(23)17(22)10-14;;/h2,7-12,15-16H,3-6H2,1H3,(H,28,30)(H,25,26,27);2*1H. The number of carbonyl (C=O) groups excluding carboxylic acids is 1. The van der Waals surface area contributed by atoms with Gasteiger partial charge in [0.2, 0.25) is 0 Å². The average molecular weight is 502 g/mol. The predicted octanol–water partition coefficient (Wildman–Crippen LogP) is 4.76. The Hall–Kier alpha value is -2.42. The number of carbonyl (C=O) groups is 1. The molecular weight excluding hydrogens is 478 g/mol. The first-order chi connectivity index (χ1) is 14.5. The fourth-order valence-electron chi connectivity index (χ4n) is 3.65. The first-order valence-corrected chi connectivity index (χ1v) is 10.2. The van der Waals surface area contributed by atoms with E-state index in [0.717, 1.165) is 37.3 Å². The zero-order valence-corrected chi connectivity index (χ0v) is 19.7. The van der Waals surface area contributed by atoms with Crippen LogP contribution in [0, 0.1) is 12.7 Å². The van der Waals surface area contributed by atoms with Gasteiger partial charge in [-0.15, -0.1) is 24.8 Å². The van der Waals surface area contributed by atoms with E-state index in [1.807, 2.05) is 23.8 Å². The van der Waals surface area contributed by atoms with Crippen LogP contribution in [0.15, 0.2) is 43.0 Å². The van der Waals surface area contributed by atoms with E-state index in [0.29, 0.717) is 11.4 Å². The van der Waals surface area contributed by atoms with Crippen LogP contribution in [0.25, 0.3) is 5.82 Å². The van der Waals surface area contributed by atoms with Gasteiger partial charge in [-0.25, -0.2) is 19.3 Å². The summed E-state index contributed by atoms with van der Waals surface area (Å²) < 4.78 is 15.1. The van der Waals surface area contributed by atoms with Crippen molar-refractivity contribution in [1.29, 1.82) is 0 Å². The Morgan fingerprint density at radius 3 is 2.50 bits per heavy atom. The van der Waals surface area contributed by atoms with Gasteiger partial charge in [0, 0.05) is 36.1 Å². The number of nitrogens with zero attached hydrogens (tertiary/aromatic N) is 4. The van der Waals surface area contributed by atoms with Gasteiger partial charge in [0.1, 0.15) is 29.6 Å². The quantitative estimate of drug-likeness (QED) is 0.526. The molecule has 0 spiro atoms. The topological polar surface area (TPSA) is 84.7 Å². The second kappa shape index (κ2) is 11.4. The number of rotatable bonds is 5. The molecule has 1 saturated carbocycles. The predicted molar refractivity (Wildman–Crippen MR) is 127 cm³/mol. The Labute approximate surface area is 203 Å². The Morgan fingerprint density at radius 1 is 1.12 bits per heavy atom. The van der Waals surface area contributed by atoms with Gasteiger partial charge in [0.25, 0.3) is 5.91 Å². The van der Waals surface area contributed by atoms with Gasteiger partial charge in [-0.2, -0.15) is 0 Å². The summed E-state index contributed by atoms with van der Waals surface area (Å²) in [7, 11) is 0. The van der Waals surface area contributed by atoms with E-state index in [1.54, 1.807) is 12.5 Å². The molecule has 2 aromatic heterocycles. The number of aryl methyl sites for hydroxylation is 1. The minimum Gasteiger partial charge on any atom is -0.367 e. The van der Waals surface area contributed by atoms with E-state index in [4.69, 9.17) is 11.6 Å². The Balaban J connectivity index is 0.00000181. The van der Waals surface area contributed by atoms with Gasteiger partial charge < -0.3 is 10.6 Å². The molecule has 4 rings (SSSR count). The van der Waals surface area contributed by atoms with E-state index < -0.39 is 5.82 Å². The number of nitrogens with one attached hydrogen (secondary N) is 2. The second-order valence-corrected chi connectivity index (χ2v) is 7.83. The lowest BCUT2D eigenvalue weighted by atomic mass is 9.91. The van der Waals surface area contributed by atoms with Crippen molar-refractivity contribution in [2.45, 2.75) is 44.7 Å². The Kier molecular flexibility index (Phi) is 9.24. The minimum atomic E-state index is -0.532. The smallest absolute Gasteiger partial charge is 0.251 e. The van der Waals surface area contributed by atoms with Gasteiger partial charge in [-0.05, 0) is 50.8 Å². The van der Waals surface area contributed by atoms with Gasteiger partial charge >= 0.3 is 0 Å². The van der Waals surface area contributed by atoms with Crippen LogP contribution in [-0.4, -0.2) is 37.5 Å². The summed E-state index contributed by atoms with van der Waals surface area (Å²) in [5.41, 5.74) is 0.366. The van der Waals surface area contributed by atoms with E-state index in [1.165, 1.54) is 18.2 Å². The summed E-state index contributed by atoms with van der Waals surface area (Å²) in [6.07, 6.45) is 8.74. The molecule has 0 aliphatic heterocycles. The van der Waals surface area contributed by atoms with Crippen molar-refractivity contribution >= 4 is 48.1 Å². The maximum Gasteiger partial charge on any atom is 0.251 e. The molecule has 1 amide bonds. The van der Waals surface area contributed by atoms with Crippen LogP contribution in [0.4, 0.5) is 10.2 Å². The zero-order valence-electron chi connectivity index (χ0n) is 17.3. The highest BCUT2D eigenvalue weighted by molar-refractivity contribution is 6.31. The molecule has 7 nitrogen and oxygen atoms in total. The van der Waals surface area contributed by atoms with Crippen molar-refractivity contribution < 1.29 is 9.18 Å². The minimum absolute atomic E-state index is 0. The lowest BCUT2D eigenvalue weighted by Gasteiger charge is -2.30. The van der Waals surface area contributed by atoms with Crippen LogP contribution in [0.5, 0.6) is 0 Å². The maximum absolute atomic E-state index is 13.3. The third-order valence-electron chi connectivity index (χ3n) is 5.19. The molecule has 11 heteroatoms. The largest absolute Gasteiger partial charge is 0.367 e. The molecule has 2 N–H and O–H groups in total. The van der Waals surface area contributed by atoms with Gasteiger partial charge in [0.15, 0.2) is 0 Å². The van der Waals surface area contributed by atoms with E-state index >= 15 is 0 Å². The molecule has 0 radical (unpaired) electrons. The number of hydrogen-bond donors (Lipinski definition) is 2. The van der Waals surface area contributed by atoms with Crippen LogP contribution < -0.4 is 10.6 Å². The average Bonchev–Trinajstić information content (AvgIpc) is 3.26. The molecule has 0 saturated heterocycles. The van der Waals surface area contributed by atoms with Gasteiger partial charge in [-0.3, -0.25) is 9.36 Å². The molecule has 1 aromatic carbocycles. The molecule has 32 heavy (non-hydrogen) atoms. The Bertz CT molecular complexity index is 1040. The van der Waals surface area contributed by atoms with Crippen molar-refractivity contribution in [1.82, 2.24) is 24.8 Å². The number of hydrogen-bond acceptors (Lipinski definition) is 5. The molecule has 0 atom stereocenters. The number of aromatic nitrogens is 4. The third-order valence-corrected chi connectivity index (χ3v) is 5.48. The number of imidazole rings is 1. The SMILES string of the molecule is Cc1nc(NC2CCC(NC(=O)c3ccc(F)c(Cl)c3)CC2)cc(-n2ccnc2)n1.Cl.Cl. The maximum atomic E-state index is 13.3. The highest BCUT2D eigenvalue weighted by Gasteiger charge is 2.23. The summed E-state index contributed by atoms with van der Waals surface area (Å²) in [5.74, 6) is 1.46. The zero-order chi connectivity index (χ0) is 21.1. The third kappa shape index (κ3) is 6.31. The van der Waals surface area contributed by atoms with Crippen LogP contribution >= 0.6 is 36.4 Å². The van der Waals surface area contributed by atoms with Crippen molar-refractivity contribution in [2.24, 2.45) is 0 Å². The Morgan fingerprint density at radius 2 is 1.84 bits per heavy atom. The molecule has 1 aliphatic carbocycles.